The van der Waals surface area contributed by atoms with E-state index in [1.165, 1.54) is 0 Å². The van der Waals surface area contributed by atoms with Crippen LogP contribution in [0, 0.1) is 17.3 Å². The van der Waals surface area contributed by atoms with E-state index < -0.39 is 5.92 Å². The number of oxime groups is 1. The van der Waals surface area contributed by atoms with Crippen LogP contribution in [0.15, 0.2) is 5.16 Å². The predicted octanol–water partition coefficient (Wildman–Crippen LogP) is 3.10. The molecule has 2 aliphatic rings. The molecule has 1 aliphatic carbocycles. The van der Waals surface area contributed by atoms with Gasteiger partial charge in [-0.25, -0.2) is 0 Å². The van der Waals surface area contributed by atoms with Gasteiger partial charge in [0.05, 0.1) is 5.71 Å². The number of nitrogens with zero attached hydrogens (tertiary/aromatic N) is 1. The van der Waals surface area contributed by atoms with E-state index in [-0.39, 0.29) is 17.0 Å². The maximum absolute atomic E-state index is 12.6. The Morgan fingerprint density at radius 3 is 2.48 bits per heavy atom. The number of rotatable bonds is 5. The van der Waals surface area contributed by atoms with Crippen LogP contribution in [-0.2, 0) is 14.4 Å². The van der Waals surface area contributed by atoms with Crippen molar-refractivity contribution in [2.75, 3.05) is 18.1 Å². The van der Waals surface area contributed by atoms with Gasteiger partial charge in [-0.05, 0) is 30.4 Å². The van der Waals surface area contributed by atoms with Crippen LogP contribution in [0.3, 0.4) is 0 Å². The maximum Gasteiger partial charge on any atom is 0.149 e. The molecule has 2 rings (SSSR count). The van der Waals surface area contributed by atoms with E-state index in [2.05, 4.69) is 12.1 Å². The van der Waals surface area contributed by atoms with Crippen molar-refractivity contribution >= 4 is 29.0 Å². The Morgan fingerprint density at radius 2 is 2.00 bits per heavy atom. The lowest BCUT2D eigenvalue weighted by atomic mass is 9.64. The number of thioether (sulfide) groups is 1. The van der Waals surface area contributed by atoms with Crippen molar-refractivity contribution in [2.24, 2.45) is 22.4 Å². The van der Waals surface area contributed by atoms with E-state index in [0.717, 1.165) is 17.9 Å². The number of carbonyl (C=O) groups is 2. The highest BCUT2D eigenvalue weighted by Crippen LogP contribution is 2.49. The molecular weight excluding hydrogens is 286 g/mol. The summed E-state index contributed by atoms with van der Waals surface area (Å²) in [5, 5.41) is 4.06. The molecule has 1 aliphatic heterocycles. The molecule has 0 aromatic heterocycles. The highest BCUT2D eigenvalue weighted by molar-refractivity contribution is 7.99. The third-order valence-electron chi connectivity index (χ3n) is 4.65. The first kappa shape index (κ1) is 16.5. The normalized spacial score (nSPS) is 33.8. The van der Waals surface area contributed by atoms with Crippen molar-refractivity contribution in [1.82, 2.24) is 0 Å². The summed E-state index contributed by atoms with van der Waals surface area (Å²) >= 11 is 1.87. The highest BCUT2D eigenvalue weighted by atomic mass is 32.2. The van der Waals surface area contributed by atoms with Crippen molar-refractivity contribution in [3.05, 3.63) is 0 Å². The number of ketones is 2. The lowest BCUT2D eigenvalue weighted by molar-refractivity contribution is -0.138. The number of hydrogen-bond acceptors (Lipinski definition) is 5. The zero-order chi connectivity index (χ0) is 15.5. The topological polar surface area (TPSA) is 55.7 Å². The quantitative estimate of drug-likeness (QED) is 0.445. The molecule has 1 heterocycles. The first-order chi connectivity index (χ1) is 10.0. The Bertz CT molecular complexity index is 429. The largest absolute Gasteiger partial charge is 0.396 e. The Hall–Kier alpha value is -0.840. The summed E-state index contributed by atoms with van der Waals surface area (Å²) in [7, 11) is 0. The van der Waals surface area contributed by atoms with Crippen molar-refractivity contribution in [2.45, 2.75) is 46.5 Å². The minimum absolute atomic E-state index is 0.0486. The second kappa shape index (κ2) is 6.95. The predicted molar refractivity (Wildman–Crippen MR) is 85.6 cm³/mol. The monoisotopic (exact) mass is 311 g/mol. The Balaban J connectivity index is 2.19. The van der Waals surface area contributed by atoms with Crippen LogP contribution in [-0.4, -0.2) is 35.4 Å². The van der Waals surface area contributed by atoms with Gasteiger partial charge in [-0.2, -0.15) is 11.8 Å². The Labute approximate surface area is 131 Å². The molecule has 1 spiro atoms. The molecule has 0 aromatic carbocycles. The number of hydrogen-bond donors (Lipinski definition) is 0. The van der Waals surface area contributed by atoms with Crippen LogP contribution < -0.4 is 0 Å². The van der Waals surface area contributed by atoms with Gasteiger partial charge in [-0.3, -0.25) is 9.59 Å². The zero-order valence-corrected chi connectivity index (χ0v) is 14.0. The summed E-state index contributed by atoms with van der Waals surface area (Å²) in [6.45, 7) is 6.50. The summed E-state index contributed by atoms with van der Waals surface area (Å²) in [5.41, 5.74) is 0.528. The second-order valence-corrected chi connectivity index (χ2v) is 7.28. The van der Waals surface area contributed by atoms with Crippen LogP contribution in [0.4, 0.5) is 0 Å². The van der Waals surface area contributed by atoms with Gasteiger partial charge in [-0.1, -0.05) is 25.4 Å². The summed E-state index contributed by atoms with van der Waals surface area (Å²) in [4.78, 5) is 30.4. The SMILES string of the molecule is CCCC(=NOCC)C1C(=O)CC2(CSCC2C)CC1=O. The first-order valence-electron chi connectivity index (χ1n) is 7.86. The zero-order valence-electron chi connectivity index (χ0n) is 13.2. The van der Waals surface area contributed by atoms with E-state index >= 15 is 0 Å². The summed E-state index contributed by atoms with van der Waals surface area (Å²) in [5.74, 6) is 1.87. The molecule has 5 heteroatoms. The smallest absolute Gasteiger partial charge is 0.149 e. The molecule has 21 heavy (non-hydrogen) atoms. The molecule has 1 unspecified atom stereocenters. The molecule has 0 radical (unpaired) electrons. The van der Waals surface area contributed by atoms with Gasteiger partial charge in [0.2, 0.25) is 0 Å². The number of Topliss-reactive ketones (excluding diaryl/α,β-unsaturated/α-hetero) is 2. The maximum atomic E-state index is 12.6. The van der Waals surface area contributed by atoms with E-state index in [1.807, 2.05) is 25.6 Å². The van der Waals surface area contributed by atoms with Crippen molar-refractivity contribution in [1.29, 1.82) is 0 Å². The average molecular weight is 311 g/mol. The minimum Gasteiger partial charge on any atom is -0.396 e. The minimum atomic E-state index is -0.653. The molecule has 1 atom stereocenters. The molecular formula is C16H25NO3S. The van der Waals surface area contributed by atoms with Gasteiger partial charge in [0, 0.05) is 18.6 Å². The molecule has 1 saturated heterocycles. The van der Waals surface area contributed by atoms with E-state index in [4.69, 9.17) is 4.84 Å². The summed E-state index contributed by atoms with van der Waals surface area (Å²) < 4.78 is 0. The van der Waals surface area contributed by atoms with Crippen LogP contribution in [0.25, 0.3) is 0 Å². The van der Waals surface area contributed by atoms with Gasteiger partial charge in [0.1, 0.15) is 24.1 Å². The molecule has 118 valence electrons. The molecule has 4 nitrogen and oxygen atoms in total. The fourth-order valence-electron chi connectivity index (χ4n) is 3.37. The molecule has 0 aromatic rings. The van der Waals surface area contributed by atoms with Crippen molar-refractivity contribution < 1.29 is 14.4 Å². The van der Waals surface area contributed by atoms with Gasteiger partial charge < -0.3 is 4.84 Å². The summed E-state index contributed by atoms with van der Waals surface area (Å²) in [6, 6.07) is 0. The molecule has 0 N–H and O–H groups in total. The van der Waals surface area contributed by atoms with Gasteiger partial charge in [0.15, 0.2) is 0 Å². The fraction of sp³-hybridized carbons (Fsp3) is 0.812. The Morgan fingerprint density at radius 1 is 1.33 bits per heavy atom. The van der Waals surface area contributed by atoms with Gasteiger partial charge >= 0.3 is 0 Å². The fourth-order valence-corrected chi connectivity index (χ4v) is 5.09. The van der Waals surface area contributed by atoms with E-state index in [1.54, 1.807) is 0 Å². The molecule has 0 amide bonds. The second-order valence-electron chi connectivity index (χ2n) is 6.25. The highest BCUT2D eigenvalue weighted by Gasteiger charge is 2.51. The van der Waals surface area contributed by atoms with Crippen LogP contribution in [0.2, 0.25) is 0 Å². The third kappa shape index (κ3) is 3.33. The average Bonchev–Trinajstić information content (AvgIpc) is 2.76. The van der Waals surface area contributed by atoms with Crippen molar-refractivity contribution in [3.8, 4) is 0 Å². The lowest BCUT2D eigenvalue weighted by Crippen LogP contribution is -2.46. The van der Waals surface area contributed by atoms with Crippen LogP contribution in [0.5, 0.6) is 0 Å². The van der Waals surface area contributed by atoms with Crippen molar-refractivity contribution in [3.63, 3.8) is 0 Å². The Kier molecular flexibility index (Phi) is 5.47. The van der Waals surface area contributed by atoms with Gasteiger partial charge in [0.25, 0.3) is 0 Å². The van der Waals surface area contributed by atoms with E-state index in [9.17, 15) is 9.59 Å². The molecule has 1 saturated carbocycles. The third-order valence-corrected chi connectivity index (χ3v) is 6.16. The van der Waals surface area contributed by atoms with Crippen LogP contribution in [0.1, 0.15) is 46.5 Å². The van der Waals surface area contributed by atoms with E-state index in [0.29, 0.717) is 37.5 Å². The van der Waals surface area contributed by atoms with Crippen LogP contribution >= 0.6 is 11.8 Å². The summed E-state index contributed by atoms with van der Waals surface area (Å²) in [6.07, 6.45) is 2.55. The lowest BCUT2D eigenvalue weighted by Gasteiger charge is -2.38. The molecule has 2 fully saturated rings. The standard InChI is InChI=1S/C16H25NO3S/c1-4-6-12(17-20-5-2)15-13(18)7-16(8-14(15)19)10-21-9-11(16)3/h11,15H,4-10H2,1-3H3. The first-order valence-corrected chi connectivity index (χ1v) is 9.01. The van der Waals surface area contributed by atoms with Gasteiger partial charge in [-0.15, -0.1) is 0 Å². The number of carbonyl (C=O) groups excluding carboxylic acids is 2. The molecule has 0 bridgehead atoms.